The predicted octanol–water partition coefficient (Wildman–Crippen LogP) is 1.48. The van der Waals surface area contributed by atoms with E-state index in [1.165, 1.54) is 0 Å². The zero-order valence-corrected chi connectivity index (χ0v) is 11.2. The molecule has 0 radical (unpaired) electrons. The number of nitrogens with zero attached hydrogens (tertiary/aromatic N) is 2. The molecule has 96 valence electrons. The van der Waals surface area contributed by atoms with Gasteiger partial charge < -0.3 is 10.1 Å². The first kappa shape index (κ1) is 13.7. The molecule has 0 spiro atoms. The van der Waals surface area contributed by atoms with Crippen molar-refractivity contribution in [3.63, 3.8) is 0 Å². The average molecular weight is 239 g/mol. The van der Waals surface area contributed by atoms with Gasteiger partial charge in [-0.2, -0.15) is 5.10 Å². The maximum Gasteiger partial charge on any atom is 0.341 e. The molecule has 0 aromatic carbocycles. The van der Waals surface area contributed by atoms with Gasteiger partial charge in [0.15, 0.2) is 0 Å². The number of hydrogen-bond acceptors (Lipinski definition) is 4. The van der Waals surface area contributed by atoms with Crippen LogP contribution in [0.4, 0.5) is 0 Å². The topological polar surface area (TPSA) is 56.1 Å². The quantitative estimate of drug-likeness (QED) is 0.809. The molecule has 0 aliphatic carbocycles. The number of nitrogens with one attached hydrogen (secondary N) is 1. The maximum atomic E-state index is 11.7. The van der Waals surface area contributed by atoms with Crippen LogP contribution < -0.4 is 5.32 Å². The summed E-state index contributed by atoms with van der Waals surface area (Å²) in [5, 5.41) is 7.43. The zero-order valence-electron chi connectivity index (χ0n) is 11.2. The van der Waals surface area contributed by atoms with Gasteiger partial charge in [-0.15, -0.1) is 0 Å². The van der Waals surface area contributed by atoms with E-state index < -0.39 is 0 Å². The van der Waals surface area contributed by atoms with Crippen molar-refractivity contribution in [1.29, 1.82) is 0 Å². The molecule has 5 nitrogen and oxygen atoms in total. The van der Waals surface area contributed by atoms with Crippen molar-refractivity contribution in [2.24, 2.45) is 7.05 Å². The van der Waals surface area contributed by atoms with E-state index in [2.05, 4.69) is 31.2 Å². The summed E-state index contributed by atoms with van der Waals surface area (Å²) in [5.41, 5.74) is 1.38. The monoisotopic (exact) mass is 239 g/mol. The highest BCUT2D eigenvalue weighted by Crippen LogP contribution is 2.11. The van der Waals surface area contributed by atoms with E-state index in [1.54, 1.807) is 17.8 Å². The third-order valence-electron chi connectivity index (χ3n) is 2.34. The molecule has 0 fully saturated rings. The molecule has 5 heteroatoms. The second kappa shape index (κ2) is 5.31. The van der Waals surface area contributed by atoms with E-state index in [-0.39, 0.29) is 11.5 Å². The minimum Gasteiger partial charge on any atom is -0.462 e. The number of carbonyl (C=O) groups is 1. The highest BCUT2D eigenvalue weighted by atomic mass is 16.5. The molecule has 0 saturated carbocycles. The van der Waals surface area contributed by atoms with Crippen molar-refractivity contribution in [2.75, 3.05) is 6.61 Å². The largest absolute Gasteiger partial charge is 0.462 e. The summed E-state index contributed by atoms with van der Waals surface area (Å²) in [7, 11) is 1.82. The van der Waals surface area contributed by atoms with E-state index in [1.807, 2.05) is 7.05 Å². The second-order valence-electron chi connectivity index (χ2n) is 4.95. The molecule has 1 heterocycles. The molecule has 0 atom stereocenters. The minimum absolute atomic E-state index is 0.00377. The molecule has 1 rings (SSSR count). The third kappa shape index (κ3) is 3.85. The Morgan fingerprint density at radius 3 is 2.71 bits per heavy atom. The van der Waals surface area contributed by atoms with Gasteiger partial charge in [0.2, 0.25) is 0 Å². The molecule has 0 aliphatic heterocycles. The lowest BCUT2D eigenvalue weighted by Gasteiger charge is -2.20. The van der Waals surface area contributed by atoms with E-state index in [0.717, 1.165) is 5.69 Å². The number of ether oxygens (including phenoxy) is 1. The van der Waals surface area contributed by atoms with Crippen LogP contribution in [-0.2, 0) is 18.3 Å². The zero-order chi connectivity index (χ0) is 13.1. The number of esters is 1. The van der Waals surface area contributed by atoms with Crippen LogP contribution in [0, 0.1) is 0 Å². The van der Waals surface area contributed by atoms with Crippen molar-refractivity contribution in [3.8, 4) is 0 Å². The molecular formula is C12H21N3O2. The molecular weight excluding hydrogens is 218 g/mol. The van der Waals surface area contributed by atoms with Crippen molar-refractivity contribution in [3.05, 3.63) is 17.5 Å². The number of hydrogen-bond donors (Lipinski definition) is 1. The van der Waals surface area contributed by atoms with E-state index in [4.69, 9.17) is 4.74 Å². The fraction of sp³-hybridized carbons (Fsp3) is 0.667. The summed E-state index contributed by atoms with van der Waals surface area (Å²) in [5.74, 6) is -0.314. The fourth-order valence-electron chi connectivity index (χ4n) is 1.40. The molecule has 17 heavy (non-hydrogen) atoms. The predicted molar refractivity (Wildman–Crippen MR) is 65.8 cm³/mol. The Hall–Kier alpha value is -1.36. The lowest BCUT2D eigenvalue weighted by atomic mass is 10.1. The Kier molecular flexibility index (Phi) is 4.28. The first-order chi connectivity index (χ1) is 7.85. The third-order valence-corrected chi connectivity index (χ3v) is 2.34. The Bertz CT molecular complexity index is 391. The van der Waals surface area contributed by atoms with Gasteiger partial charge >= 0.3 is 5.97 Å². The Balaban J connectivity index is 2.83. The summed E-state index contributed by atoms with van der Waals surface area (Å²) in [6.45, 7) is 8.99. The van der Waals surface area contributed by atoms with Crippen LogP contribution in [0.2, 0.25) is 0 Å². The molecule has 0 amide bonds. The van der Waals surface area contributed by atoms with Crippen molar-refractivity contribution in [2.45, 2.75) is 39.8 Å². The lowest BCUT2D eigenvalue weighted by molar-refractivity contribution is 0.0524. The van der Waals surface area contributed by atoms with Crippen molar-refractivity contribution >= 4 is 5.97 Å². The van der Waals surface area contributed by atoms with Gasteiger partial charge in [0.25, 0.3) is 0 Å². The SMILES string of the molecule is CCOC(=O)c1cnn(C)c1CNC(C)(C)C. The van der Waals surface area contributed by atoms with E-state index in [0.29, 0.717) is 18.7 Å². The first-order valence-electron chi connectivity index (χ1n) is 5.78. The van der Waals surface area contributed by atoms with Crippen LogP contribution in [0.25, 0.3) is 0 Å². The second-order valence-corrected chi connectivity index (χ2v) is 4.95. The van der Waals surface area contributed by atoms with Crippen LogP contribution in [-0.4, -0.2) is 27.9 Å². The van der Waals surface area contributed by atoms with Crippen LogP contribution >= 0.6 is 0 Å². The van der Waals surface area contributed by atoms with Crippen LogP contribution in [0.5, 0.6) is 0 Å². The maximum absolute atomic E-state index is 11.7. The summed E-state index contributed by atoms with van der Waals surface area (Å²) in [4.78, 5) is 11.7. The smallest absolute Gasteiger partial charge is 0.341 e. The van der Waals surface area contributed by atoms with Gasteiger partial charge in [-0.05, 0) is 27.7 Å². The molecule has 0 aliphatic rings. The molecule has 1 aromatic rings. The molecule has 0 saturated heterocycles. The number of rotatable bonds is 4. The summed E-state index contributed by atoms with van der Waals surface area (Å²) in [6, 6.07) is 0. The molecule has 1 N–H and O–H groups in total. The first-order valence-corrected chi connectivity index (χ1v) is 5.78. The summed E-state index contributed by atoms with van der Waals surface area (Å²) in [6.07, 6.45) is 1.55. The van der Waals surface area contributed by atoms with E-state index in [9.17, 15) is 4.79 Å². The van der Waals surface area contributed by atoms with Crippen molar-refractivity contribution < 1.29 is 9.53 Å². The standard InChI is InChI=1S/C12H21N3O2/c1-6-17-11(16)9-7-14-15(5)10(9)8-13-12(2,3)4/h7,13H,6,8H2,1-5H3. The molecule has 0 bridgehead atoms. The summed E-state index contributed by atoms with van der Waals surface area (Å²) < 4.78 is 6.69. The van der Waals surface area contributed by atoms with Crippen molar-refractivity contribution in [1.82, 2.24) is 15.1 Å². The van der Waals surface area contributed by atoms with Crippen LogP contribution in [0.3, 0.4) is 0 Å². The Labute approximate surface area is 102 Å². The average Bonchev–Trinajstić information content (AvgIpc) is 2.56. The highest BCUT2D eigenvalue weighted by molar-refractivity contribution is 5.90. The minimum atomic E-state index is -0.314. The van der Waals surface area contributed by atoms with Gasteiger partial charge in [0.05, 0.1) is 18.5 Å². The van der Waals surface area contributed by atoms with E-state index >= 15 is 0 Å². The normalized spacial score (nSPS) is 11.6. The lowest BCUT2D eigenvalue weighted by Crippen LogP contribution is -2.36. The highest BCUT2D eigenvalue weighted by Gasteiger charge is 2.18. The Morgan fingerprint density at radius 2 is 2.18 bits per heavy atom. The number of carbonyl (C=O) groups excluding carboxylic acids is 1. The fourth-order valence-corrected chi connectivity index (χ4v) is 1.40. The number of aryl methyl sites for hydroxylation is 1. The number of aromatic nitrogens is 2. The van der Waals surface area contributed by atoms with Gasteiger partial charge in [0.1, 0.15) is 5.56 Å². The summed E-state index contributed by atoms with van der Waals surface area (Å²) >= 11 is 0. The Morgan fingerprint density at radius 1 is 1.53 bits per heavy atom. The van der Waals surface area contributed by atoms with Crippen LogP contribution in [0.1, 0.15) is 43.7 Å². The van der Waals surface area contributed by atoms with Crippen LogP contribution in [0.15, 0.2) is 6.20 Å². The van der Waals surface area contributed by atoms with Gasteiger partial charge in [0, 0.05) is 19.1 Å². The van der Waals surface area contributed by atoms with Gasteiger partial charge in [-0.1, -0.05) is 0 Å². The van der Waals surface area contributed by atoms with Gasteiger partial charge in [-0.25, -0.2) is 4.79 Å². The molecule has 1 aromatic heterocycles. The molecule has 0 unspecified atom stereocenters. The van der Waals surface area contributed by atoms with Gasteiger partial charge in [-0.3, -0.25) is 4.68 Å².